The van der Waals surface area contributed by atoms with Gasteiger partial charge in [0, 0.05) is 23.4 Å². The van der Waals surface area contributed by atoms with Crippen LogP contribution in [0.3, 0.4) is 0 Å². The third kappa shape index (κ3) is 5.63. The molecule has 0 aliphatic heterocycles. The highest BCUT2D eigenvalue weighted by Crippen LogP contribution is 2.30. The SMILES string of the molecule is O=C(N/N=C/c1cccc([N+](=O)[O-])c1)C(=O)Nc1cccc(C(F)(F)F)c1. The Labute approximate surface area is 149 Å². The highest BCUT2D eigenvalue weighted by Gasteiger charge is 2.30. The second-order valence-electron chi connectivity index (χ2n) is 5.08. The van der Waals surface area contributed by atoms with Crippen molar-refractivity contribution in [2.75, 3.05) is 5.32 Å². The third-order valence-corrected chi connectivity index (χ3v) is 3.11. The fourth-order valence-corrected chi connectivity index (χ4v) is 1.90. The predicted octanol–water partition coefficient (Wildman–Crippen LogP) is 2.70. The van der Waals surface area contributed by atoms with Gasteiger partial charge in [-0.25, -0.2) is 5.43 Å². The number of non-ortho nitro benzene ring substituents is 1. The van der Waals surface area contributed by atoms with Crippen LogP contribution < -0.4 is 10.7 Å². The Morgan fingerprint density at radius 3 is 2.44 bits per heavy atom. The van der Waals surface area contributed by atoms with Crippen molar-refractivity contribution in [3.8, 4) is 0 Å². The van der Waals surface area contributed by atoms with E-state index >= 15 is 0 Å². The molecular formula is C16H11F3N4O4. The van der Waals surface area contributed by atoms with Crippen LogP contribution in [0.2, 0.25) is 0 Å². The summed E-state index contributed by atoms with van der Waals surface area (Å²) in [5, 5.41) is 16.1. The zero-order valence-electron chi connectivity index (χ0n) is 13.4. The summed E-state index contributed by atoms with van der Waals surface area (Å²) in [6, 6.07) is 9.10. The number of halogens is 3. The predicted molar refractivity (Wildman–Crippen MR) is 88.9 cm³/mol. The molecule has 0 fully saturated rings. The number of benzene rings is 2. The summed E-state index contributed by atoms with van der Waals surface area (Å²) in [6.07, 6.45) is -3.52. The van der Waals surface area contributed by atoms with E-state index in [0.29, 0.717) is 11.6 Å². The van der Waals surface area contributed by atoms with Crippen LogP contribution >= 0.6 is 0 Å². The van der Waals surface area contributed by atoms with Crippen molar-refractivity contribution in [3.63, 3.8) is 0 Å². The van der Waals surface area contributed by atoms with Gasteiger partial charge in [-0.3, -0.25) is 19.7 Å². The van der Waals surface area contributed by atoms with Gasteiger partial charge in [0.25, 0.3) is 5.69 Å². The normalized spacial score (nSPS) is 11.2. The van der Waals surface area contributed by atoms with Crippen LogP contribution in [-0.4, -0.2) is 23.0 Å². The van der Waals surface area contributed by atoms with E-state index in [4.69, 9.17) is 0 Å². The van der Waals surface area contributed by atoms with Crippen molar-refractivity contribution >= 4 is 29.4 Å². The summed E-state index contributed by atoms with van der Waals surface area (Å²) in [6.45, 7) is 0. The molecule has 2 amide bonds. The van der Waals surface area contributed by atoms with Gasteiger partial charge in [-0.1, -0.05) is 18.2 Å². The van der Waals surface area contributed by atoms with Crippen LogP contribution in [0, 0.1) is 10.1 Å². The molecule has 140 valence electrons. The third-order valence-electron chi connectivity index (χ3n) is 3.11. The van der Waals surface area contributed by atoms with Crippen LogP contribution in [0.25, 0.3) is 0 Å². The van der Waals surface area contributed by atoms with Crippen molar-refractivity contribution in [2.24, 2.45) is 5.10 Å². The van der Waals surface area contributed by atoms with E-state index in [1.54, 1.807) is 0 Å². The molecule has 0 heterocycles. The van der Waals surface area contributed by atoms with Gasteiger partial charge >= 0.3 is 18.0 Å². The molecule has 0 saturated carbocycles. The molecule has 2 N–H and O–H groups in total. The monoisotopic (exact) mass is 380 g/mol. The number of hydrogen-bond acceptors (Lipinski definition) is 5. The minimum Gasteiger partial charge on any atom is -0.318 e. The number of alkyl halides is 3. The molecule has 2 aromatic carbocycles. The molecule has 2 aromatic rings. The van der Waals surface area contributed by atoms with Gasteiger partial charge in [0.05, 0.1) is 16.7 Å². The molecule has 27 heavy (non-hydrogen) atoms. The van der Waals surface area contributed by atoms with Gasteiger partial charge in [-0.2, -0.15) is 18.3 Å². The molecule has 0 radical (unpaired) electrons. The molecule has 0 bridgehead atoms. The number of nitrogens with one attached hydrogen (secondary N) is 2. The van der Waals surface area contributed by atoms with Crippen LogP contribution in [0.15, 0.2) is 53.6 Å². The van der Waals surface area contributed by atoms with E-state index in [-0.39, 0.29) is 11.4 Å². The quantitative estimate of drug-likeness (QED) is 0.367. The summed E-state index contributed by atoms with van der Waals surface area (Å²) < 4.78 is 37.9. The summed E-state index contributed by atoms with van der Waals surface area (Å²) in [7, 11) is 0. The second kappa shape index (κ2) is 8.08. The molecule has 0 aromatic heterocycles. The van der Waals surface area contributed by atoms with Gasteiger partial charge in [0.15, 0.2) is 0 Å². The number of anilines is 1. The summed E-state index contributed by atoms with van der Waals surface area (Å²) in [4.78, 5) is 33.4. The van der Waals surface area contributed by atoms with Gasteiger partial charge in [-0.05, 0) is 18.2 Å². The van der Waals surface area contributed by atoms with Crippen molar-refractivity contribution in [1.82, 2.24) is 5.43 Å². The van der Waals surface area contributed by atoms with Gasteiger partial charge < -0.3 is 5.32 Å². The van der Waals surface area contributed by atoms with Gasteiger partial charge in [-0.15, -0.1) is 0 Å². The van der Waals surface area contributed by atoms with Crippen molar-refractivity contribution in [3.05, 3.63) is 69.8 Å². The van der Waals surface area contributed by atoms with Crippen LogP contribution in [0.5, 0.6) is 0 Å². The number of amides is 2. The smallest absolute Gasteiger partial charge is 0.318 e. The first-order chi connectivity index (χ1) is 12.7. The second-order valence-corrected chi connectivity index (χ2v) is 5.08. The Balaban J connectivity index is 1.97. The first kappa shape index (κ1) is 19.6. The number of rotatable bonds is 4. The lowest BCUT2D eigenvalue weighted by molar-refractivity contribution is -0.384. The Bertz CT molecular complexity index is 913. The minimum atomic E-state index is -4.59. The molecule has 0 aliphatic rings. The summed E-state index contributed by atoms with van der Waals surface area (Å²) >= 11 is 0. The molecule has 2 rings (SSSR count). The largest absolute Gasteiger partial charge is 0.416 e. The number of nitro groups is 1. The topological polar surface area (TPSA) is 114 Å². The Kier molecular flexibility index (Phi) is 5.85. The number of nitrogens with zero attached hydrogens (tertiary/aromatic N) is 2. The lowest BCUT2D eigenvalue weighted by Crippen LogP contribution is -2.32. The van der Waals surface area contributed by atoms with Gasteiger partial charge in [0.2, 0.25) is 0 Å². The maximum absolute atomic E-state index is 12.6. The molecular weight excluding hydrogens is 369 g/mol. The number of hydrogen-bond donors (Lipinski definition) is 2. The average molecular weight is 380 g/mol. The lowest BCUT2D eigenvalue weighted by atomic mass is 10.2. The van der Waals surface area contributed by atoms with E-state index in [2.05, 4.69) is 5.10 Å². The highest BCUT2D eigenvalue weighted by molar-refractivity contribution is 6.39. The first-order valence-electron chi connectivity index (χ1n) is 7.23. The molecule has 0 saturated heterocycles. The molecule has 0 atom stereocenters. The summed E-state index contributed by atoms with van der Waals surface area (Å²) in [5.74, 6) is -2.46. The van der Waals surface area contributed by atoms with Crippen LogP contribution in [0.1, 0.15) is 11.1 Å². The lowest BCUT2D eigenvalue weighted by Gasteiger charge is -2.09. The number of carbonyl (C=O) groups is 2. The van der Waals surface area contributed by atoms with E-state index in [0.717, 1.165) is 18.3 Å². The zero-order chi connectivity index (χ0) is 20.0. The zero-order valence-corrected chi connectivity index (χ0v) is 13.4. The Morgan fingerprint density at radius 2 is 1.78 bits per heavy atom. The van der Waals surface area contributed by atoms with E-state index in [1.807, 2.05) is 10.7 Å². The average Bonchev–Trinajstić information content (AvgIpc) is 2.61. The number of carbonyl (C=O) groups excluding carboxylic acids is 2. The van der Waals surface area contributed by atoms with Gasteiger partial charge in [0.1, 0.15) is 0 Å². The van der Waals surface area contributed by atoms with Crippen LogP contribution in [-0.2, 0) is 15.8 Å². The standard InChI is InChI=1S/C16H11F3N4O4/c17-16(18,19)11-4-2-5-12(8-11)21-14(24)15(25)22-20-9-10-3-1-6-13(7-10)23(26)27/h1-9H,(H,21,24)(H,22,25)/b20-9+. The fourth-order valence-electron chi connectivity index (χ4n) is 1.90. The molecule has 0 aliphatic carbocycles. The van der Waals surface area contributed by atoms with Crippen molar-refractivity contribution < 1.29 is 27.7 Å². The van der Waals surface area contributed by atoms with E-state index in [9.17, 15) is 32.9 Å². The van der Waals surface area contributed by atoms with Crippen molar-refractivity contribution in [1.29, 1.82) is 0 Å². The van der Waals surface area contributed by atoms with Crippen molar-refractivity contribution in [2.45, 2.75) is 6.18 Å². The molecule has 8 nitrogen and oxygen atoms in total. The Morgan fingerprint density at radius 1 is 1.07 bits per heavy atom. The molecule has 0 unspecified atom stereocenters. The fraction of sp³-hybridized carbons (Fsp3) is 0.0625. The molecule has 11 heteroatoms. The molecule has 0 spiro atoms. The van der Waals surface area contributed by atoms with E-state index in [1.165, 1.54) is 30.3 Å². The maximum atomic E-state index is 12.6. The maximum Gasteiger partial charge on any atom is 0.416 e. The minimum absolute atomic E-state index is 0.187. The number of nitro benzene ring substituents is 1. The number of hydrazone groups is 1. The summed E-state index contributed by atoms with van der Waals surface area (Å²) in [5.41, 5.74) is 0.781. The Hall–Kier alpha value is -3.76. The first-order valence-corrected chi connectivity index (χ1v) is 7.23. The van der Waals surface area contributed by atoms with E-state index < -0.39 is 28.5 Å². The van der Waals surface area contributed by atoms with Crippen LogP contribution in [0.4, 0.5) is 24.5 Å². The highest BCUT2D eigenvalue weighted by atomic mass is 19.4.